The van der Waals surface area contributed by atoms with E-state index in [0.717, 1.165) is 5.76 Å². The lowest BCUT2D eigenvalue weighted by Crippen LogP contribution is -2.04. The number of aryl methyl sites for hydroxylation is 2. The Morgan fingerprint density at radius 3 is 2.72 bits per heavy atom. The summed E-state index contributed by atoms with van der Waals surface area (Å²) in [5.41, 5.74) is 0. The molecule has 0 unspecified atom stereocenters. The highest BCUT2D eigenvalue weighted by molar-refractivity contribution is 5.55. The summed E-state index contributed by atoms with van der Waals surface area (Å²) in [5, 5.41) is 14.4. The molecule has 2 aromatic heterocycles. The quantitative estimate of drug-likeness (QED) is 0.801. The van der Waals surface area contributed by atoms with Crippen LogP contribution in [0.3, 0.4) is 0 Å². The van der Waals surface area contributed by atoms with Crippen LogP contribution in [0.5, 0.6) is 0 Å². The van der Waals surface area contributed by atoms with Crippen LogP contribution in [0.2, 0.25) is 0 Å². The first kappa shape index (κ1) is 11.9. The van der Waals surface area contributed by atoms with E-state index in [2.05, 4.69) is 20.6 Å². The Kier molecular flexibility index (Phi) is 3.44. The fourth-order valence-electron chi connectivity index (χ4n) is 1.48. The maximum absolute atomic E-state index is 8.52. The van der Waals surface area contributed by atoms with Crippen molar-refractivity contribution in [2.45, 2.75) is 13.8 Å². The van der Waals surface area contributed by atoms with E-state index in [1.165, 1.54) is 0 Å². The number of aromatic nitrogens is 2. The van der Waals surface area contributed by atoms with Gasteiger partial charge in [0.25, 0.3) is 0 Å². The maximum Gasteiger partial charge on any atom is 0.198 e. The van der Waals surface area contributed by atoms with Gasteiger partial charge in [-0.25, -0.2) is 9.97 Å². The number of furan rings is 1. The third-order valence-electron chi connectivity index (χ3n) is 2.18. The van der Waals surface area contributed by atoms with E-state index in [9.17, 15) is 0 Å². The van der Waals surface area contributed by atoms with Crippen molar-refractivity contribution in [3.63, 3.8) is 0 Å². The predicted octanol–water partition coefficient (Wildman–Crippen LogP) is 2.37. The van der Waals surface area contributed by atoms with Crippen molar-refractivity contribution >= 4 is 17.5 Å². The molecule has 0 saturated carbocycles. The minimum Gasteiger partial charge on any atom is -0.446 e. The van der Waals surface area contributed by atoms with Crippen LogP contribution in [0.15, 0.2) is 22.6 Å². The molecule has 0 aliphatic rings. The van der Waals surface area contributed by atoms with E-state index in [4.69, 9.17) is 9.68 Å². The molecule has 0 aliphatic heterocycles. The van der Waals surface area contributed by atoms with Crippen molar-refractivity contribution in [1.29, 1.82) is 5.26 Å². The van der Waals surface area contributed by atoms with Gasteiger partial charge in [0, 0.05) is 12.1 Å². The van der Waals surface area contributed by atoms with Gasteiger partial charge in [-0.1, -0.05) is 0 Å². The Balaban J connectivity index is 2.17. The molecule has 6 nitrogen and oxygen atoms in total. The summed E-state index contributed by atoms with van der Waals surface area (Å²) in [6.45, 7) is 3.86. The Morgan fingerprint density at radius 1 is 1.28 bits per heavy atom. The molecule has 0 bridgehead atoms. The smallest absolute Gasteiger partial charge is 0.198 e. The van der Waals surface area contributed by atoms with Crippen LogP contribution < -0.4 is 10.6 Å². The average Bonchev–Trinajstić information content (AvgIpc) is 2.71. The molecule has 0 spiro atoms. The lowest BCUT2D eigenvalue weighted by molar-refractivity contribution is 0.551. The molecule has 2 aromatic rings. The summed E-state index contributed by atoms with van der Waals surface area (Å²) in [6.07, 6.45) is 0. The molecule has 0 radical (unpaired) electrons. The molecular weight excluding hydrogens is 230 g/mol. The maximum atomic E-state index is 8.52. The summed E-state index contributed by atoms with van der Waals surface area (Å²) >= 11 is 0. The highest BCUT2D eigenvalue weighted by Crippen LogP contribution is 2.19. The second-order valence-corrected chi connectivity index (χ2v) is 3.73. The third-order valence-corrected chi connectivity index (χ3v) is 2.18. The number of nitrogens with zero attached hydrogens (tertiary/aromatic N) is 3. The van der Waals surface area contributed by atoms with Gasteiger partial charge in [-0.2, -0.15) is 5.26 Å². The van der Waals surface area contributed by atoms with Gasteiger partial charge in [0.2, 0.25) is 0 Å². The van der Waals surface area contributed by atoms with Crippen molar-refractivity contribution in [1.82, 2.24) is 9.97 Å². The lowest BCUT2D eigenvalue weighted by atomic mass is 10.4. The topological polar surface area (TPSA) is 86.8 Å². The van der Waals surface area contributed by atoms with Gasteiger partial charge in [0.05, 0.1) is 6.07 Å². The molecule has 2 N–H and O–H groups in total. The predicted molar refractivity (Wildman–Crippen MR) is 67.6 cm³/mol. The van der Waals surface area contributed by atoms with E-state index < -0.39 is 0 Å². The first-order valence-corrected chi connectivity index (χ1v) is 5.47. The molecule has 0 amide bonds. The Bertz CT molecular complexity index is 584. The van der Waals surface area contributed by atoms with Crippen molar-refractivity contribution in [3.8, 4) is 6.07 Å². The number of anilines is 3. The van der Waals surface area contributed by atoms with Gasteiger partial charge in [-0.05, 0) is 19.9 Å². The second kappa shape index (κ2) is 5.19. The first-order chi connectivity index (χ1) is 8.67. The number of rotatable bonds is 4. The first-order valence-electron chi connectivity index (χ1n) is 5.47. The summed E-state index contributed by atoms with van der Waals surface area (Å²) in [5.74, 6) is 3.29. The largest absolute Gasteiger partial charge is 0.446 e. The highest BCUT2D eigenvalue weighted by atomic mass is 16.4. The SMILES string of the molecule is Cc1nc(NCC#N)cc(Nc2ccc(C)o2)n1. The summed E-state index contributed by atoms with van der Waals surface area (Å²) < 4.78 is 5.40. The molecule has 92 valence electrons. The molecule has 0 atom stereocenters. The van der Waals surface area contributed by atoms with Crippen LogP contribution >= 0.6 is 0 Å². The molecule has 2 rings (SSSR count). The summed E-state index contributed by atoms with van der Waals surface area (Å²) in [4.78, 5) is 8.42. The number of hydrogen-bond donors (Lipinski definition) is 2. The zero-order valence-corrected chi connectivity index (χ0v) is 10.2. The molecule has 18 heavy (non-hydrogen) atoms. The molecule has 2 heterocycles. The summed E-state index contributed by atoms with van der Waals surface area (Å²) in [6, 6.07) is 7.42. The van der Waals surface area contributed by atoms with Crippen LogP contribution in [0, 0.1) is 25.2 Å². The lowest BCUT2D eigenvalue weighted by Gasteiger charge is -2.06. The van der Waals surface area contributed by atoms with Gasteiger partial charge in [-0.15, -0.1) is 0 Å². The van der Waals surface area contributed by atoms with Crippen molar-refractivity contribution in [2.24, 2.45) is 0 Å². The zero-order chi connectivity index (χ0) is 13.0. The van der Waals surface area contributed by atoms with E-state index in [0.29, 0.717) is 23.3 Å². The molecule has 6 heteroatoms. The standard InChI is InChI=1S/C12H13N5O/c1-8-3-4-12(18-8)17-11-7-10(14-6-5-13)15-9(2)16-11/h3-4,7H,6H2,1-2H3,(H2,14,15,16,17). The van der Waals surface area contributed by atoms with Gasteiger partial charge >= 0.3 is 0 Å². The van der Waals surface area contributed by atoms with Crippen LogP contribution in [0.4, 0.5) is 17.5 Å². The highest BCUT2D eigenvalue weighted by Gasteiger charge is 2.04. The third kappa shape index (κ3) is 2.98. The van der Waals surface area contributed by atoms with Crippen LogP contribution in [0.25, 0.3) is 0 Å². The van der Waals surface area contributed by atoms with E-state index in [1.807, 2.05) is 25.1 Å². The van der Waals surface area contributed by atoms with Gasteiger partial charge in [0.1, 0.15) is 29.8 Å². The average molecular weight is 243 g/mol. The zero-order valence-electron chi connectivity index (χ0n) is 10.2. The number of nitriles is 1. The molecule has 0 saturated heterocycles. The fraction of sp³-hybridized carbons (Fsp3) is 0.250. The minimum atomic E-state index is 0.204. The molecule has 0 aromatic carbocycles. The Hall–Kier alpha value is -2.55. The van der Waals surface area contributed by atoms with Crippen LogP contribution in [-0.4, -0.2) is 16.5 Å². The van der Waals surface area contributed by atoms with Gasteiger partial charge < -0.3 is 15.1 Å². The van der Waals surface area contributed by atoms with Crippen LogP contribution in [-0.2, 0) is 0 Å². The van der Waals surface area contributed by atoms with Crippen LogP contribution in [0.1, 0.15) is 11.6 Å². The fourth-order valence-corrected chi connectivity index (χ4v) is 1.48. The van der Waals surface area contributed by atoms with Gasteiger partial charge in [0.15, 0.2) is 5.88 Å². The van der Waals surface area contributed by atoms with Crippen molar-refractivity contribution in [3.05, 3.63) is 29.8 Å². The molecule has 0 fully saturated rings. The van der Waals surface area contributed by atoms with E-state index in [1.54, 1.807) is 13.0 Å². The minimum absolute atomic E-state index is 0.204. The summed E-state index contributed by atoms with van der Waals surface area (Å²) in [7, 11) is 0. The van der Waals surface area contributed by atoms with Crippen molar-refractivity contribution < 1.29 is 4.42 Å². The van der Waals surface area contributed by atoms with Crippen molar-refractivity contribution in [2.75, 3.05) is 17.2 Å². The van der Waals surface area contributed by atoms with Gasteiger partial charge in [-0.3, -0.25) is 0 Å². The second-order valence-electron chi connectivity index (χ2n) is 3.73. The Morgan fingerprint density at radius 2 is 2.06 bits per heavy atom. The van der Waals surface area contributed by atoms with E-state index in [-0.39, 0.29) is 6.54 Å². The number of nitrogens with one attached hydrogen (secondary N) is 2. The monoisotopic (exact) mass is 243 g/mol. The number of hydrogen-bond acceptors (Lipinski definition) is 6. The Labute approximate surface area is 105 Å². The molecular formula is C12H13N5O. The van der Waals surface area contributed by atoms with E-state index >= 15 is 0 Å². The molecule has 0 aliphatic carbocycles. The normalized spacial score (nSPS) is 9.83.